The van der Waals surface area contributed by atoms with Crippen LogP contribution in [-0.4, -0.2) is 30.2 Å². The molecule has 2 rings (SSSR count). The molecule has 16 heavy (non-hydrogen) atoms. The summed E-state index contributed by atoms with van der Waals surface area (Å²) in [5.74, 6) is 0.914. The number of aliphatic hydroxyl groups excluding tert-OH is 1. The molecule has 0 unspecified atom stereocenters. The molecule has 0 amide bonds. The largest absolute Gasteiger partial charge is 0.390 e. The van der Waals surface area contributed by atoms with E-state index in [2.05, 4.69) is 10.1 Å². The Hall–Kier alpha value is -1.27. The molecule has 2 aromatic heterocycles. The van der Waals surface area contributed by atoms with Crippen LogP contribution in [0.2, 0.25) is 0 Å². The van der Waals surface area contributed by atoms with E-state index in [0.717, 1.165) is 23.1 Å². The van der Waals surface area contributed by atoms with Crippen LogP contribution in [0, 0.1) is 0 Å². The molecule has 1 N–H and O–H groups in total. The summed E-state index contributed by atoms with van der Waals surface area (Å²) in [6, 6.07) is 1.91. The maximum atomic E-state index is 9.02. The first-order valence-electron chi connectivity index (χ1n) is 5.03. The van der Waals surface area contributed by atoms with Gasteiger partial charge in [-0.05, 0) is 6.07 Å². The minimum Gasteiger partial charge on any atom is -0.390 e. The lowest BCUT2D eigenvalue weighted by Gasteiger charge is -2.03. The highest BCUT2D eigenvalue weighted by molar-refractivity contribution is 7.99. The van der Waals surface area contributed by atoms with Crippen LogP contribution >= 0.6 is 11.8 Å². The van der Waals surface area contributed by atoms with Crippen molar-refractivity contribution in [2.24, 2.45) is 7.05 Å². The molecule has 0 aliphatic heterocycles. The second kappa shape index (κ2) is 5.18. The molecule has 0 saturated heterocycles. The summed E-state index contributed by atoms with van der Waals surface area (Å²) in [4.78, 5) is 4.24. The van der Waals surface area contributed by atoms with Gasteiger partial charge in [-0.3, -0.25) is 4.68 Å². The van der Waals surface area contributed by atoms with Gasteiger partial charge in [0.25, 0.3) is 0 Å². The normalized spacial score (nSPS) is 10.9. The Morgan fingerprint density at radius 2 is 2.38 bits per heavy atom. The topological polar surface area (TPSA) is 55.9 Å². The van der Waals surface area contributed by atoms with E-state index in [1.54, 1.807) is 24.2 Å². The van der Waals surface area contributed by atoms with Crippen LogP contribution in [0.25, 0.3) is 0 Å². The highest BCUT2D eigenvalue weighted by Gasteiger charge is 2.05. The second-order valence-electron chi connectivity index (χ2n) is 3.37. The summed E-state index contributed by atoms with van der Waals surface area (Å²) in [6.45, 7) is 0.891. The highest BCUT2D eigenvalue weighted by Crippen LogP contribution is 2.17. The number of hydrogen-bond acceptors (Lipinski definition) is 4. The summed E-state index contributed by atoms with van der Waals surface area (Å²) in [6.07, 6.45) is 5.42. The summed E-state index contributed by atoms with van der Waals surface area (Å²) in [7, 11) is 1.91. The van der Waals surface area contributed by atoms with Gasteiger partial charge in [0.15, 0.2) is 5.16 Å². The van der Waals surface area contributed by atoms with E-state index in [9.17, 15) is 0 Å². The lowest BCUT2D eigenvalue weighted by Crippen LogP contribution is -2.02. The number of hydrogen-bond donors (Lipinski definition) is 1. The maximum Gasteiger partial charge on any atom is 0.168 e. The van der Waals surface area contributed by atoms with Crippen LogP contribution in [0.4, 0.5) is 0 Å². The Labute approximate surface area is 98.1 Å². The van der Waals surface area contributed by atoms with Gasteiger partial charge in [-0.1, -0.05) is 11.8 Å². The molecule has 5 nitrogen and oxygen atoms in total. The predicted molar refractivity (Wildman–Crippen MR) is 62.1 cm³/mol. The summed E-state index contributed by atoms with van der Waals surface area (Å²) >= 11 is 1.66. The van der Waals surface area contributed by atoms with Gasteiger partial charge in [-0.25, -0.2) is 4.98 Å². The number of aliphatic hydroxyl groups is 1. The van der Waals surface area contributed by atoms with Crippen molar-refractivity contribution < 1.29 is 5.11 Å². The number of rotatable bonds is 5. The van der Waals surface area contributed by atoms with Crippen LogP contribution in [0.15, 0.2) is 29.8 Å². The average Bonchev–Trinajstić information content (AvgIpc) is 2.90. The number of aromatic nitrogens is 4. The molecule has 0 aromatic carbocycles. The van der Waals surface area contributed by atoms with E-state index in [1.165, 1.54) is 0 Å². The molecular weight excluding hydrogens is 224 g/mol. The molecule has 0 saturated carbocycles. The molecule has 6 heteroatoms. The molecule has 0 atom stereocenters. The van der Waals surface area contributed by atoms with E-state index < -0.39 is 0 Å². The van der Waals surface area contributed by atoms with E-state index in [4.69, 9.17) is 5.11 Å². The van der Waals surface area contributed by atoms with Crippen LogP contribution in [0.1, 0.15) is 5.69 Å². The van der Waals surface area contributed by atoms with Crippen LogP contribution in [0.5, 0.6) is 0 Å². The van der Waals surface area contributed by atoms with Crippen molar-refractivity contribution in [3.8, 4) is 0 Å². The Morgan fingerprint density at radius 1 is 1.50 bits per heavy atom. The zero-order chi connectivity index (χ0) is 11.4. The first kappa shape index (κ1) is 11.2. The summed E-state index contributed by atoms with van der Waals surface area (Å²) < 4.78 is 3.80. The second-order valence-corrected chi connectivity index (χ2v) is 4.43. The summed E-state index contributed by atoms with van der Waals surface area (Å²) in [5, 5.41) is 14.1. The maximum absolute atomic E-state index is 9.02. The van der Waals surface area contributed by atoms with Crippen LogP contribution in [0.3, 0.4) is 0 Å². The van der Waals surface area contributed by atoms with Gasteiger partial charge in [0, 0.05) is 25.2 Å². The Kier molecular flexibility index (Phi) is 3.63. The lowest BCUT2D eigenvalue weighted by atomic mass is 10.5. The molecule has 86 valence electrons. The van der Waals surface area contributed by atoms with Gasteiger partial charge in [0.05, 0.1) is 25.0 Å². The SMILES string of the molecule is Cn1c(CO)cnc1SCCn1cccn1. The third-order valence-corrected chi connectivity index (χ3v) is 3.34. The molecular formula is C10H14N4OS. The minimum absolute atomic E-state index is 0.0310. The molecule has 2 aromatic rings. The minimum atomic E-state index is 0.0310. The fraction of sp³-hybridized carbons (Fsp3) is 0.400. The first-order chi connectivity index (χ1) is 7.81. The van der Waals surface area contributed by atoms with E-state index in [1.807, 2.05) is 28.6 Å². The van der Waals surface area contributed by atoms with Gasteiger partial charge < -0.3 is 9.67 Å². The summed E-state index contributed by atoms with van der Waals surface area (Å²) in [5.41, 5.74) is 0.835. The molecule has 0 spiro atoms. The van der Waals surface area contributed by atoms with Crippen molar-refractivity contribution in [1.82, 2.24) is 19.3 Å². The molecule has 0 radical (unpaired) electrons. The molecule has 0 aliphatic rings. The fourth-order valence-corrected chi connectivity index (χ4v) is 2.27. The molecule has 0 fully saturated rings. The van der Waals surface area contributed by atoms with Crippen molar-refractivity contribution >= 4 is 11.8 Å². The van der Waals surface area contributed by atoms with Crippen molar-refractivity contribution in [1.29, 1.82) is 0 Å². The van der Waals surface area contributed by atoms with Crippen molar-refractivity contribution in [2.75, 3.05) is 5.75 Å². The highest BCUT2D eigenvalue weighted by atomic mass is 32.2. The number of nitrogens with zero attached hydrogens (tertiary/aromatic N) is 4. The molecule has 0 bridgehead atoms. The van der Waals surface area contributed by atoms with Crippen LogP contribution in [-0.2, 0) is 20.2 Å². The Morgan fingerprint density at radius 3 is 3.00 bits per heavy atom. The van der Waals surface area contributed by atoms with E-state index in [0.29, 0.717) is 0 Å². The van der Waals surface area contributed by atoms with Gasteiger partial charge in [0.1, 0.15) is 0 Å². The Bertz CT molecular complexity index is 438. The Balaban J connectivity index is 1.87. The molecule has 2 heterocycles. The van der Waals surface area contributed by atoms with Gasteiger partial charge in [-0.2, -0.15) is 5.10 Å². The first-order valence-corrected chi connectivity index (χ1v) is 6.01. The van der Waals surface area contributed by atoms with Crippen LogP contribution < -0.4 is 0 Å². The zero-order valence-electron chi connectivity index (χ0n) is 9.08. The number of imidazole rings is 1. The zero-order valence-corrected chi connectivity index (χ0v) is 9.89. The number of thioether (sulfide) groups is 1. The monoisotopic (exact) mass is 238 g/mol. The van der Waals surface area contributed by atoms with Crippen molar-refractivity contribution in [3.63, 3.8) is 0 Å². The van der Waals surface area contributed by atoms with E-state index in [-0.39, 0.29) is 6.61 Å². The quantitative estimate of drug-likeness (QED) is 0.786. The smallest absolute Gasteiger partial charge is 0.168 e. The van der Waals surface area contributed by atoms with E-state index >= 15 is 0 Å². The lowest BCUT2D eigenvalue weighted by molar-refractivity contribution is 0.271. The third-order valence-electron chi connectivity index (χ3n) is 2.31. The average molecular weight is 238 g/mol. The fourth-order valence-electron chi connectivity index (χ4n) is 1.37. The predicted octanol–water partition coefficient (Wildman–Crippen LogP) is 0.901. The van der Waals surface area contributed by atoms with Crippen molar-refractivity contribution in [3.05, 3.63) is 30.4 Å². The standard InChI is InChI=1S/C10H14N4OS/c1-13-9(8-15)7-11-10(13)16-6-5-14-4-2-3-12-14/h2-4,7,15H,5-6,8H2,1H3. The molecule has 0 aliphatic carbocycles. The van der Waals surface area contributed by atoms with Crippen molar-refractivity contribution in [2.45, 2.75) is 18.3 Å². The van der Waals surface area contributed by atoms with Gasteiger partial charge in [-0.15, -0.1) is 0 Å². The number of aryl methyl sites for hydroxylation is 1. The third kappa shape index (κ3) is 2.45. The van der Waals surface area contributed by atoms with Gasteiger partial charge >= 0.3 is 0 Å². The van der Waals surface area contributed by atoms with Gasteiger partial charge in [0.2, 0.25) is 0 Å².